The zero-order valence-corrected chi connectivity index (χ0v) is 12.8. The molecule has 0 atom stereocenters. The number of aromatic nitrogens is 2. The zero-order valence-electron chi connectivity index (χ0n) is 12.8. The molecule has 3 aromatic rings. The first-order valence-corrected chi connectivity index (χ1v) is 7.66. The average molecular weight is 307 g/mol. The summed E-state index contributed by atoms with van der Waals surface area (Å²) < 4.78 is 5.49. The predicted octanol–water partition coefficient (Wildman–Crippen LogP) is 3.63. The number of hydrogen-bond acceptors (Lipinski definition) is 4. The Hall–Kier alpha value is -2.82. The normalized spacial score (nSPS) is 14.0. The molecule has 1 aliphatic carbocycles. The summed E-state index contributed by atoms with van der Waals surface area (Å²) in [5, 5.41) is 4.67. The van der Waals surface area contributed by atoms with Crippen molar-refractivity contribution in [2.75, 3.05) is 12.4 Å². The lowest BCUT2D eigenvalue weighted by Gasteiger charge is -2.15. The monoisotopic (exact) mass is 307 g/mol. The van der Waals surface area contributed by atoms with Gasteiger partial charge in [-0.05, 0) is 31.0 Å². The van der Waals surface area contributed by atoms with Crippen LogP contribution in [0.5, 0.6) is 5.75 Å². The molecule has 0 amide bonds. The van der Waals surface area contributed by atoms with Crippen LogP contribution >= 0.6 is 0 Å². The van der Waals surface area contributed by atoms with Crippen LogP contribution in [-0.2, 0) is 0 Å². The summed E-state index contributed by atoms with van der Waals surface area (Å²) in [6.45, 7) is 0. The number of pyridine rings is 1. The maximum atomic E-state index is 11.0. The number of aldehydes is 1. The Morgan fingerprint density at radius 3 is 2.91 bits per heavy atom. The fourth-order valence-electron chi connectivity index (χ4n) is 2.80. The Labute approximate surface area is 133 Å². The Kier molecular flexibility index (Phi) is 3.26. The summed E-state index contributed by atoms with van der Waals surface area (Å²) in [6, 6.07) is 8.02. The molecule has 0 radical (unpaired) electrons. The van der Waals surface area contributed by atoms with E-state index in [-0.39, 0.29) is 0 Å². The summed E-state index contributed by atoms with van der Waals surface area (Å²) in [5.74, 6) is 0.671. The Balaban J connectivity index is 1.92. The van der Waals surface area contributed by atoms with Crippen LogP contribution in [0.3, 0.4) is 0 Å². The number of rotatable bonds is 5. The second kappa shape index (κ2) is 5.43. The van der Waals surface area contributed by atoms with Crippen LogP contribution in [0.2, 0.25) is 0 Å². The fraction of sp³-hybridized carbons (Fsp3) is 0.222. The van der Waals surface area contributed by atoms with Crippen molar-refractivity contribution < 1.29 is 9.53 Å². The maximum absolute atomic E-state index is 11.0. The van der Waals surface area contributed by atoms with Crippen molar-refractivity contribution >= 4 is 23.0 Å². The molecule has 2 N–H and O–H groups in total. The third-order valence-electron chi connectivity index (χ3n) is 4.16. The number of anilines is 1. The van der Waals surface area contributed by atoms with E-state index in [0.717, 1.165) is 34.1 Å². The maximum Gasteiger partial charge on any atom is 0.150 e. The Bertz CT molecular complexity index is 881. The summed E-state index contributed by atoms with van der Waals surface area (Å²) in [4.78, 5) is 18.7. The molecule has 1 aliphatic rings. The average Bonchev–Trinajstić information content (AvgIpc) is 3.28. The van der Waals surface area contributed by atoms with Crippen molar-refractivity contribution in [3.8, 4) is 16.9 Å². The number of nitrogens with zero attached hydrogens (tertiary/aromatic N) is 1. The molecule has 23 heavy (non-hydrogen) atoms. The molecule has 0 aliphatic heterocycles. The highest BCUT2D eigenvalue weighted by Crippen LogP contribution is 2.40. The number of benzene rings is 1. The van der Waals surface area contributed by atoms with Crippen LogP contribution in [0, 0.1) is 0 Å². The van der Waals surface area contributed by atoms with E-state index in [2.05, 4.69) is 15.3 Å². The van der Waals surface area contributed by atoms with E-state index < -0.39 is 0 Å². The van der Waals surface area contributed by atoms with Crippen molar-refractivity contribution in [2.45, 2.75) is 18.9 Å². The van der Waals surface area contributed by atoms with Gasteiger partial charge in [0.05, 0.1) is 12.8 Å². The molecule has 2 heterocycles. The Morgan fingerprint density at radius 1 is 1.30 bits per heavy atom. The number of methoxy groups -OCH3 is 1. The predicted molar refractivity (Wildman–Crippen MR) is 90.1 cm³/mol. The standard InChI is InChI=1S/C18H17N3O2/c1-23-16-8-11(10-22)2-5-13(16)15-9-20-18-14(6-7-19-18)17(15)21-12-3-4-12/h2,5-10,12H,3-4H2,1H3,(H2,19,20,21). The van der Waals surface area contributed by atoms with Gasteiger partial charge in [0.1, 0.15) is 17.7 Å². The van der Waals surface area contributed by atoms with Crippen molar-refractivity contribution in [2.24, 2.45) is 0 Å². The lowest BCUT2D eigenvalue weighted by Crippen LogP contribution is -2.04. The molecule has 0 bridgehead atoms. The van der Waals surface area contributed by atoms with Crippen molar-refractivity contribution in [1.82, 2.24) is 9.97 Å². The van der Waals surface area contributed by atoms with Crippen LogP contribution in [0.1, 0.15) is 23.2 Å². The number of ether oxygens (including phenoxy) is 1. The van der Waals surface area contributed by atoms with Gasteiger partial charge in [0, 0.05) is 40.5 Å². The van der Waals surface area contributed by atoms with E-state index in [4.69, 9.17) is 4.74 Å². The number of nitrogens with one attached hydrogen (secondary N) is 2. The molecule has 0 spiro atoms. The first kappa shape index (κ1) is 13.8. The van der Waals surface area contributed by atoms with E-state index in [1.807, 2.05) is 24.5 Å². The summed E-state index contributed by atoms with van der Waals surface area (Å²) in [7, 11) is 1.61. The smallest absolute Gasteiger partial charge is 0.150 e. The molecule has 2 aromatic heterocycles. The lowest BCUT2D eigenvalue weighted by molar-refractivity contribution is 0.112. The summed E-state index contributed by atoms with van der Waals surface area (Å²) in [6.07, 6.45) is 6.95. The highest BCUT2D eigenvalue weighted by molar-refractivity contribution is 5.99. The molecule has 4 rings (SSSR count). The van der Waals surface area contributed by atoms with Gasteiger partial charge >= 0.3 is 0 Å². The minimum atomic E-state index is 0.523. The van der Waals surface area contributed by atoms with Crippen LogP contribution in [-0.4, -0.2) is 29.4 Å². The highest BCUT2D eigenvalue weighted by atomic mass is 16.5. The zero-order chi connectivity index (χ0) is 15.8. The number of hydrogen-bond donors (Lipinski definition) is 2. The van der Waals surface area contributed by atoms with Gasteiger partial charge in [0.25, 0.3) is 0 Å². The first-order valence-electron chi connectivity index (χ1n) is 7.66. The largest absolute Gasteiger partial charge is 0.496 e. The van der Waals surface area contributed by atoms with Crippen LogP contribution in [0.15, 0.2) is 36.7 Å². The van der Waals surface area contributed by atoms with Crippen LogP contribution in [0.25, 0.3) is 22.2 Å². The number of fused-ring (bicyclic) bond motifs is 1. The molecular formula is C18H17N3O2. The molecule has 5 nitrogen and oxygen atoms in total. The molecule has 0 unspecified atom stereocenters. The quantitative estimate of drug-likeness (QED) is 0.706. The molecule has 0 saturated heterocycles. The van der Waals surface area contributed by atoms with Crippen LogP contribution < -0.4 is 10.1 Å². The third kappa shape index (κ3) is 2.44. The van der Waals surface area contributed by atoms with E-state index in [9.17, 15) is 4.79 Å². The third-order valence-corrected chi connectivity index (χ3v) is 4.16. The van der Waals surface area contributed by atoms with Gasteiger partial charge in [0.2, 0.25) is 0 Å². The number of carbonyl (C=O) groups is 1. The second-order valence-corrected chi connectivity index (χ2v) is 5.78. The molecule has 5 heteroatoms. The van der Waals surface area contributed by atoms with Crippen molar-refractivity contribution in [3.63, 3.8) is 0 Å². The van der Waals surface area contributed by atoms with Gasteiger partial charge in [-0.2, -0.15) is 0 Å². The van der Waals surface area contributed by atoms with E-state index in [0.29, 0.717) is 17.4 Å². The van der Waals surface area contributed by atoms with E-state index in [1.54, 1.807) is 19.2 Å². The Morgan fingerprint density at radius 2 is 2.17 bits per heavy atom. The van der Waals surface area contributed by atoms with Crippen molar-refractivity contribution in [1.29, 1.82) is 0 Å². The topological polar surface area (TPSA) is 67.0 Å². The number of H-pyrrole nitrogens is 1. The lowest BCUT2D eigenvalue weighted by atomic mass is 10.0. The summed E-state index contributed by atoms with van der Waals surface area (Å²) in [5.41, 5.74) is 4.43. The second-order valence-electron chi connectivity index (χ2n) is 5.78. The minimum absolute atomic E-state index is 0.523. The molecule has 1 saturated carbocycles. The first-order chi connectivity index (χ1) is 11.3. The van der Waals surface area contributed by atoms with Crippen LogP contribution in [0.4, 0.5) is 5.69 Å². The molecule has 116 valence electrons. The van der Waals surface area contributed by atoms with Gasteiger partial charge in [-0.25, -0.2) is 4.98 Å². The van der Waals surface area contributed by atoms with Gasteiger partial charge < -0.3 is 15.0 Å². The highest BCUT2D eigenvalue weighted by Gasteiger charge is 2.24. The molecule has 1 fully saturated rings. The van der Waals surface area contributed by atoms with Gasteiger partial charge in [-0.1, -0.05) is 6.07 Å². The number of aromatic amines is 1. The number of carbonyl (C=O) groups excluding carboxylic acids is 1. The minimum Gasteiger partial charge on any atom is -0.496 e. The molecular weight excluding hydrogens is 290 g/mol. The van der Waals surface area contributed by atoms with Gasteiger partial charge in [-0.3, -0.25) is 4.79 Å². The fourth-order valence-corrected chi connectivity index (χ4v) is 2.80. The SMILES string of the molecule is COc1cc(C=O)ccc1-c1cnc2[nH]ccc2c1NC1CC1. The van der Waals surface area contributed by atoms with Gasteiger partial charge in [-0.15, -0.1) is 0 Å². The van der Waals surface area contributed by atoms with E-state index in [1.165, 1.54) is 12.8 Å². The van der Waals surface area contributed by atoms with Crippen molar-refractivity contribution in [3.05, 3.63) is 42.2 Å². The van der Waals surface area contributed by atoms with E-state index >= 15 is 0 Å². The summed E-state index contributed by atoms with van der Waals surface area (Å²) >= 11 is 0. The molecule has 1 aromatic carbocycles. The van der Waals surface area contributed by atoms with Gasteiger partial charge in [0.15, 0.2) is 0 Å².